The lowest BCUT2D eigenvalue weighted by Gasteiger charge is -2.18. The van der Waals surface area contributed by atoms with Crippen molar-refractivity contribution >= 4 is 16.9 Å². The molecular weight excluding hydrogens is 448 g/mol. The van der Waals surface area contributed by atoms with Crippen LogP contribution in [0.15, 0.2) is 33.9 Å². The molecule has 0 spiro atoms. The molecule has 1 amide bonds. The van der Waals surface area contributed by atoms with E-state index in [2.05, 4.69) is 15.3 Å². The Morgan fingerprint density at radius 1 is 1.14 bits per heavy atom. The van der Waals surface area contributed by atoms with Crippen molar-refractivity contribution in [3.05, 3.63) is 61.9 Å². The molecule has 1 aliphatic carbocycles. The number of aromatic amines is 1. The maximum atomic E-state index is 13.5. The van der Waals surface area contributed by atoms with Crippen molar-refractivity contribution in [3.63, 3.8) is 0 Å². The third kappa shape index (κ3) is 5.08. The number of hydrogen-bond acceptors (Lipinski definition) is 6. The molecule has 0 radical (unpaired) electrons. The van der Waals surface area contributed by atoms with E-state index in [1.54, 1.807) is 6.07 Å². The van der Waals surface area contributed by atoms with Gasteiger partial charge in [-0.1, -0.05) is 13.0 Å². The number of rotatable bonds is 10. The monoisotopic (exact) mass is 480 g/mol. The Balaban J connectivity index is 1.73. The van der Waals surface area contributed by atoms with Gasteiger partial charge in [-0.05, 0) is 63.8 Å². The highest BCUT2D eigenvalue weighted by Gasteiger charge is 2.29. The summed E-state index contributed by atoms with van der Waals surface area (Å²) < 4.78 is 12.8. The molecule has 35 heavy (non-hydrogen) atoms. The average Bonchev–Trinajstić information content (AvgIpc) is 3.68. The molecule has 1 unspecified atom stereocenters. The van der Waals surface area contributed by atoms with Gasteiger partial charge in [0.05, 0.1) is 30.2 Å². The minimum Gasteiger partial charge on any atom is -0.490 e. The van der Waals surface area contributed by atoms with Crippen LogP contribution in [0.2, 0.25) is 0 Å². The molecular formula is C26H32N4O5. The van der Waals surface area contributed by atoms with Crippen LogP contribution in [0.4, 0.5) is 0 Å². The second-order valence-corrected chi connectivity index (χ2v) is 8.75. The molecule has 0 bridgehead atoms. The largest absolute Gasteiger partial charge is 0.490 e. The first-order valence-corrected chi connectivity index (χ1v) is 12.3. The van der Waals surface area contributed by atoms with E-state index in [9.17, 15) is 14.4 Å². The van der Waals surface area contributed by atoms with Crippen LogP contribution in [0.5, 0.6) is 11.5 Å². The molecule has 1 aromatic carbocycles. The van der Waals surface area contributed by atoms with E-state index >= 15 is 0 Å². The van der Waals surface area contributed by atoms with Crippen LogP contribution in [0, 0.1) is 0 Å². The maximum Gasteiger partial charge on any atom is 0.329 e. The fraction of sp³-hybridized carbons (Fsp3) is 0.462. The fourth-order valence-corrected chi connectivity index (χ4v) is 4.19. The highest BCUT2D eigenvalue weighted by atomic mass is 16.5. The fourth-order valence-electron chi connectivity index (χ4n) is 4.19. The van der Waals surface area contributed by atoms with Crippen LogP contribution in [-0.2, 0) is 6.54 Å². The molecule has 2 N–H and O–H groups in total. The van der Waals surface area contributed by atoms with Gasteiger partial charge in [0.1, 0.15) is 0 Å². The summed E-state index contributed by atoms with van der Waals surface area (Å²) in [5.41, 5.74) is 0.952. The van der Waals surface area contributed by atoms with E-state index in [4.69, 9.17) is 9.47 Å². The molecule has 1 fully saturated rings. The zero-order valence-corrected chi connectivity index (χ0v) is 20.6. The molecule has 0 aliphatic heterocycles. The molecule has 2 aromatic heterocycles. The Morgan fingerprint density at radius 2 is 1.86 bits per heavy atom. The van der Waals surface area contributed by atoms with Crippen LogP contribution < -0.4 is 26.0 Å². The molecule has 186 valence electrons. The number of amides is 1. The Bertz CT molecular complexity index is 1360. The minimum atomic E-state index is -0.607. The van der Waals surface area contributed by atoms with Crippen molar-refractivity contribution in [2.24, 2.45) is 0 Å². The average molecular weight is 481 g/mol. The van der Waals surface area contributed by atoms with Crippen molar-refractivity contribution in [1.29, 1.82) is 0 Å². The molecule has 9 heteroatoms. The van der Waals surface area contributed by atoms with Gasteiger partial charge in [0.2, 0.25) is 0 Å². The molecule has 2 heterocycles. The molecule has 9 nitrogen and oxygen atoms in total. The first-order chi connectivity index (χ1) is 16.9. The summed E-state index contributed by atoms with van der Waals surface area (Å²) in [4.78, 5) is 45.8. The van der Waals surface area contributed by atoms with Gasteiger partial charge in [0.25, 0.3) is 11.5 Å². The number of carbonyl (C=O) groups is 1. The van der Waals surface area contributed by atoms with Gasteiger partial charge in [-0.15, -0.1) is 0 Å². The van der Waals surface area contributed by atoms with E-state index in [-0.39, 0.29) is 28.6 Å². The summed E-state index contributed by atoms with van der Waals surface area (Å²) in [6.45, 7) is 9.01. The first-order valence-electron chi connectivity index (χ1n) is 12.3. The SMILES string of the molecule is CCCn1c(=O)[nH]c(=O)c2c(C(=O)NC(C)c3ccc(OCC)c(OCC)c3)cc(C3CC3)nc21. The zero-order valence-electron chi connectivity index (χ0n) is 20.6. The number of pyridine rings is 1. The highest BCUT2D eigenvalue weighted by molar-refractivity contribution is 6.05. The number of fused-ring (bicyclic) bond motifs is 1. The summed E-state index contributed by atoms with van der Waals surface area (Å²) in [5.74, 6) is 1.10. The molecule has 1 aliphatic rings. The van der Waals surface area contributed by atoms with E-state index in [0.717, 1.165) is 24.1 Å². The summed E-state index contributed by atoms with van der Waals surface area (Å²) in [6.07, 6.45) is 2.64. The molecule has 0 saturated heterocycles. The van der Waals surface area contributed by atoms with Gasteiger partial charge in [-0.3, -0.25) is 19.1 Å². The number of benzene rings is 1. The number of aromatic nitrogens is 3. The normalized spacial score (nSPS) is 14.1. The summed E-state index contributed by atoms with van der Waals surface area (Å²) in [6, 6.07) is 6.89. The van der Waals surface area contributed by atoms with Crippen LogP contribution >= 0.6 is 0 Å². The number of carbonyl (C=O) groups excluding carboxylic acids is 1. The van der Waals surface area contributed by atoms with Crippen molar-refractivity contribution in [3.8, 4) is 11.5 Å². The lowest BCUT2D eigenvalue weighted by atomic mass is 10.0. The number of hydrogen-bond donors (Lipinski definition) is 2. The molecule has 1 saturated carbocycles. The van der Waals surface area contributed by atoms with Crippen LogP contribution in [0.3, 0.4) is 0 Å². The predicted octanol–water partition coefficient (Wildman–Crippen LogP) is 3.66. The summed E-state index contributed by atoms with van der Waals surface area (Å²) in [7, 11) is 0. The van der Waals surface area contributed by atoms with Crippen molar-refractivity contribution in [2.45, 2.75) is 65.5 Å². The summed E-state index contributed by atoms with van der Waals surface area (Å²) >= 11 is 0. The minimum absolute atomic E-state index is 0.133. The second-order valence-electron chi connectivity index (χ2n) is 8.75. The summed E-state index contributed by atoms with van der Waals surface area (Å²) in [5, 5.41) is 3.14. The molecule has 1 atom stereocenters. The van der Waals surface area contributed by atoms with Gasteiger partial charge in [-0.2, -0.15) is 0 Å². The second kappa shape index (κ2) is 10.3. The molecule has 3 aromatic rings. The smallest absolute Gasteiger partial charge is 0.329 e. The highest BCUT2D eigenvalue weighted by Crippen LogP contribution is 2.40. The third-order valence-corrected chi connectivity index (χ3v) is 6.07. The third-order valence-electron chi connectivity index (χ3n) is 6.07. The van der Waals surface area contributed by atoms with Gasteiger partial charge in [0, 0.05) is 18.2 Å². The van der Waals surface area contributed by atoms with Crippen molar-refractivity contribution in [2.75, 3.05) is 13.2 Å². The number of nitrogens with one attached hydrogen (secondary N) is 2. The lowest BCUT2D eigenvalue weighted by Crippen LogP contribution is -2.34. The van der Waals surface area contributed by atoms with Crippen molar-refractivity contribution in [1.82, 2.24) is 19.9 Å². The van der Waals surface area contributed by atoms with E-state index in [1.807, 2.05) is 45.9 Å². The standard InChI is InChI=1S/C26H32N4O5/c1-5-12-30-23-22(25(32)29-26(30)33)18(14-19(28-23)16-8-9-16)24(31)27-15(4)17-10-11-20(34-6-2)21(13-17)35-7-3/h10-11,13-16H,5-9,12H2,1-4H3,(H,27,31)(H,29,32,33). The lowest BCUT2D eigenvalue weighted by molar-refractivity contribution is 0.0941. The topological polar surface area (TPSA) is 115 Å². The molecule has 4 rings (SSSR count). The van der Waals surface area contributed by atoms with E-state index in [0.29, 0.717) is 37.7 Å². The number of aryl methyl sites for hydroxylation is 1. The predicted molar refractivity (Wildman–Crippen MR) is 134 cm³/mol. The van der Waals surface area contributed by atoms with Crippen LogP contribution in [-0.4, -0.2) is 33.7 Å². The quantitative estimate of drug-likeness (QED) is 0.458. The van der Waals surface area contributed by atoms with Gasteiger partial charge in [0.15, 0.2) is 17.1 Å². The van der Waals surface area contributed by atoms with Crippen LogP contribution in [0.25, 0.3) is 11.0 Å². The zero-order chi connectivity index (χ0) is 25.1. The van der Waals surface area contributed by atoms with Crippen LogP contribution in [0.1, 0.15) is 80.5 Å². The van der Waals surface area contributed by atoms with Gasteiger partial charge < -0.3 is 14.8 Å². The number of nitrogens with zero attached hydrogens (tertiary/aromatic N) is 2. The maximum absolute atomic E-state index is 13.5. The Morgan fingerprint density at radius 3 is 2.51 bits per heavy atom. The van der Waals surface area contributed by atoms with E-state index < -0.39 is 17.2 Å². The Hall–Kier alpha value is -3.62. The van der Waals surface area contributed by atoms with E-state index in [1.165, 1.54) is 4.57 Å². The van der Waals surface area contributed by atoms with Crippen molar-refractivity contribution < 1.29 is 14.3 Å². The van der Waals surface area contributed by atoms with Gasteiger partial charge in [-0.25, -0.2) is 9.78 Å². The number of H-pyrrole nitrogens is 1. The Labute approximate surface area is 203 Å². The Kier molecular flexibility index (Phi) is 7.23. The first kappa shape index (κ1) is 24.5. The number of ether oxygens (including phenoxy) is 2. The van der Waals surface area contributed by atoms with Gasteiger partial charge >= 0.3 is 5.69 Å².